The molecule has 2 heterocycles. The summed E-state index contributed by atoms with van der Waals surface area (Å²) in [5.74, 6) is 3.56. The molecular formula is C19H20N2O5S. The van der Waals surface area contributed by atoms with Gasteiger partial charge in [0.25, 0.3) is 0 Å². The molecule has 2 aromatic rings. The summed E-state index contributed by atoms with van der Waals surface area (Å²) in [5.41, 5.74) is 1.64. The Morgan fingerprint density at radius 1 is 1.11 bits per heavy atom. The SMILES string of the molecule is COc1cc(NC(=O)N2CCS[C@H]2c2ccc3c(c2)OCO3)cc(OC)c1. The van der Waals surface area contributed by atoms with Crippen LogP contribution >= 0.6 is 11.8 Å². The number of nitrogens with one attached hydrogen (secondary N) is 1. The highest BCUT2D eigenvalue weighted by Gasteiger charge is 2.32. The Hall–Kier alpha value is -2.74. The van der Waals surface area contributed by atoms with E-state index in [1.807, 2.05) is 23.1 Å². The Kier molecular flexibility index (Phi) is 4.89. The van der Waals surface area contributed by atoms with Crippen molar-refractivity contribution in [2.24, 2.45) is 0 Å². The zero-order chi connectivity index (χ0) is 18.8. The number of carbonyl (C=O) groups is 1. The largest absolute Gasteiger partial charge is 0.497 e. The summed E-state index contributed by atoms with van der Waals surface area (Å²) in [6, 6.07) is 10.9. The number of nitrogens with zero attached hydrogens (tertiary/aromatic N) is 1. The van der Waals surface area contributed by atoms with Crippen molar-refractivity contribution in [3.8, 4) is 23.0 Å². The van der Waals surface area contributed by atoms with Crippen LogP contribution in [0.5, 0.6) is 23.0 Å². The lowest BCUT2D eigenvalue weighted by Gasteiger charge is -2.24. The summed E-state index contributed by atoms with van der Waals surface area (Å²) >= 11 is 1.72. The van der Waals surface area contributed by atoms with Crippen molar-refractivity contribution < 1.29 is 23.7 Å². The fraction of sp³-hybridized carbons (Fsp3) is 0.316. The van der Waals surface area contributed by atoms with Crippen molar-refractivity contribution in [3.05, 3.63) is 42.0 Å². The molecular weight excluding hydrogens is 368 g/mol. The molecule has 0 bridgehead atoms. The highest BCUT2D eigenvalue weighted by molar-refractivity contribution is 7.99. The van der Waals surface area contributed by atoms with Crippen LogP contribution in [0.25, 0.3) is 0 Å². The van der Waals surface area contributed by atoms with Gasteiger partial charge in [-0.2, -0.15) is 0 Å². The number of amides is 2. The third-order valence-electron chi connectivity index (χ3n) is 4.44. The van der Waals surface area contributed by atoms with Gasteiger partial charge in [-0.3, -0.25) is 0 Å². The van der Waals surface area contributed by atoms with Gasteiger partial charge in [0.05, 0.1) is 14.2 Å². The Morgan fingerprint density at radius 2 is 1.85 bits per heavy atom. The molecule has 1 fully saturated rings. The third kappa shape index (κ3) is 3.57. The molecule has 2 aliphatic rings. The maximum atomic E-state index is 12.9. The van der Waals surface area contributed by atoms with E-state index in [1.165, 1.54) is 0 Å². The molecule has 1 N–H and O–H groups in total. The average molecular weight is 388 g/mol. The van der Waals surface area contributed by atoms with Crippen LogP contribution < -0.4 is 24.3 Å². The molecule has 2 aliphatic heterocycles. The van der Waals surface area contributed by atoms with Crippen LogP contribution in [0.4, 0.5) is 10.5 Å². The van der Waals surface area contributed by atoms with E-state index in [9.17, 15) is 4.79 Å². The molecule has 0 radical (unpaired) electrons. The van der Waals surface area contributed by atoms with Gasteiger partial charge >= 0.3 is 6.03 Å². The zero-order valence-corrected chi connectivity index (χ0v) is 15.9. The first kappa shape index (κ1) is 17.7. The van der Waals surface area contributed by atoms with Crippen molar-refractivity contribution in [1.82, 2.24) is 4.90 Å². The first-order chi connectivity index (χ1) is 13.2. The second-order valence-electron chi connectivity index (χ2n) is 6.06. The molecule has 27 heavy (non-hydrogen) atoms. The molecule has 142 valence electrons. The molecule has 0 unspecified atom stereocenters. The van der Waals surface area contributed by atoms with Gasteiger partial charge in [-0.05, 0) is 17.7 Å². The van der Waals surface area contributed by atoms with Crippen molar-refractivity contribution in [3.63, 3.8) is 0 Å². The number of benzene rings is 2. The smallest absolute Gasteiger partial charge is 0.323 e. The molecule has 2 amide bonds. The van der Waals surface area contributed by atoms with Crippen LogP contribution in [0.1, 0.15) is 10.9 Å². The van der Waals surface area contributed by atoms with Crippen molar-refractivity contribution in [2.75, 3.05) is 38.6 Å². The number of anilines is 1. The highest BCUT2D eigenvalue weighted by Crippen LogP contribution is 2.42. The molecule has 0 spiro atoms. The number of methoxy groups -OCH3 is 2. The van der Waals surface area contributed by atoms with E-state index >= 15 is 0 Å². The second kappa shape index (κ2) is 7.48. The molecule has 1 saturated heterocycles. The van der Waals surface area contributed by atoms with E-state index in [2.05, 4.69) is 5.32 Å². The van der Waals surface area contributed by atoms with Crippen LogP contribution in [0.2, 0.25) is 0 Å². The van der Waals surface area contributed by atoms with Crippen LogP contribution in [0.15, 0.2) is 36.4 Å². The summed E-state index contributed by atoms with van der Waals surface area (Å²) in [4.78, 5) is 14.7. The standard InChI is InChI=1S/C19H20N2O5S/c1-23-14-8-13(9-15(10-14)24-2)20-19(22)21-5-6-27-18(21)12-3-4-16-17(7-12)26-11-25-16/h3-4,7-10,18H,5-6,11H2,1-2H3,(H,20,22)/t18-/m0/s1. The lowest BCUT2D eigenvalue weighted by atomic mass is 10.2. The molecule has 0 aliphatic carbocycles. The van der Waals surface area contributed by atoms with Crippen LogP contribution in [0.3, 0.4) is 0 Å². The molecule has 2 aromatic carbocycles. The van der Waals surface area contributed by atoms with Crippen LogP contribution in [0, 0.1) is 0 Å². The van der Waals surface area contributed by atoms with Crippen LogP contribution in [-0.2, 0) is 0 Å². The Labute approximate surface area is 161 Å². The van der Waals surface area contributed by atoms with E-state index in [4.69, 9.17) is 18.9 Å². The molecule has 0 aromatic heterocycles. The summed E-state index contributed by atoms with van der Waals surface area (Å²) in [5, 5.41) is 2.87. The van der Waals surface area contributed by atoms with E-state index in [-0.39, 0.29) is 18.2 Å². The van der Waals surface area contributed by atoms with Gasteiger partial charge in [-0.25, -0.2) is 4.79 Å². The minimum atomic E-state index is -0.169. The molecule has 4 rings (SSSR count). The maximum absolute atomic E-state index is 12.9. The average Bonchev–Trinajstić information content (AvgIpc) is 3.36. The predicted molar refractivity (Wildman–Crippen MR) is 103 cm³/mol. The summed E-state index contributed by atoms with van der Waals surface area (Å²) < 4.78 is 21.4. The number of rotatable bonds is 4. The lowest BCUT2D eigenvalue weighted by molar-refractivity contribution is 0.174. The van der Waals surface area contributed by atoms with Gasteiger partial charge < -0.3 is 29.2 Å². The van der Waals surface area contributed by atoms with Crippen molar-refractivity contribution in [2.45, 2.75) is 5.37 Å². The first-order valence-corrected chi connectivity index (χ1v) is 9.54. The summed E-state index contributed by atoms with van der Waals surface area (Å²) in [7, 11) is 3.15. The minimum Gasteiger partial charge on any atom is -0.497 e. The maximum Gasteiger partial charge on any atom is 0.323 e. The fourth-order valence-corrected chi connectivity index (χ4v) is 4.34. The lowest BCUT2D eigenvalue weighted by Crippen LogP contribution is -2.34. The van der Waals surface area contributed by atoms with Gasteiger partial charge in [0.15, 0.2) is 11.5 Å². The monoisotopic (exact) mass is 388 g/mol. The number of carbonyl (C=O) groups excluding carboxylic acids is 1. The normalized spacial score (nSPS) is 17.7. The fourth-order valence-electron chi connectivity index (χ4n) is 3.10. The molecule has 7 nitrogen and oxygen atoms in total. The molecule has 1 atom stereocenters. The predicted octanol–water partition coefficient (Wildman–Crippen LogP) is 3.71. The number of hydrogen-bond donors (Lipinski definition) is 1. The van der Waals surface area contributed by atoms with Crippen molar-refractivity contribution >= 4 is 23.5 Å². The van der Waals surface area contributed by atoms with Gasteiger partial charge in [0, 0.05) is 36.2 Å². The summed E-state index contributed by atoms with van der Waals surface area (Å²) in [6.45, 7) is 0.898. The van der Waals surface area contributed by atoms with Gasteiger partial charge in [0.2, 0.25) is 6.79 Å². The number of ether oxygens (including phenoxy) is 4. The van der Waals surface area contributed by atoms with E-state index in [0.29, 0.717) is 23.7 Å². The quantitative estimate of drug-likeness (QED) is 0.861. The second-order valence-corrected chi connectivity index (χ2v) is 7.25. The first-order valence-electron chi connectivity index (χ1n) is 8.50. The molecule has 0 saturated carbocycles. The van der Waals surface area contributed by atoms with Gasteiger partial charge in [-0.15, -0.1) is 11.8 Å². The number of hydrogen-bond acceptors (Lipinski definition) is 6. The van der Waals surface area contributed by atoms with E-state index in [1.54, 1.807) is 44.2 Å². The summed E-state index contributed by atoms with van der Waals surface area (Å²) in [6.07, 6.45) is 0. The van der Waals surface area contributed by atoms with Crippen LogP contribution in [-0.4, -0.2) is 44.2 Å². The number of thioether (sulfide) groups is 1. The van der Waals surface area contributed by atoms with Gasteiger partial charge in [-0.1, -0.05) is 6.07 Å². The highest BCUT2D eigenvalue weighted by atomic mass is 32.2. The zero-order valence-electron chi connectivity index (χ0n) is 15.1. The Morgan fingerprint density at radius 3 is 2.59 bits per heavy atom. The number of fused-ring (bicyclic) bond motifs is 1. The van der Waals surface area contributed by atoms with Crippen molar-refractivity contribution in [1.29, 1.82) is 0 Å². The topological polar surface area (TPSA) is 69.3 Å². The Balaban J connectivity index is 1.53. The minimum absolute atomic E-state index is 0.0768. The Bertz CT molecular complexity index is 838. The van der Waals surface area contributed by atoms with Gasteiger partial charge in [0.1, 0.15) is 16.9 Å². The van der Waals surface area contributed by atoms with E-state index in [0.717, 1.165) is 22.8 Å². The number of urea groups is 1. The van der Waals surface area contributed by atoms with E-state index < -0.39 is 0 Å². The third-order valence-corrected chi connectivity index (χ3v) is 5.70. The molecule has 8 heteroatoms.